The molecule has 82 valence electrons. The first kappa shape index (κ1) is 10.1. The van der Waals surface area contributed by atoms with Crippen LogP contribution < -0.4 is 11.1 Å². The first-order valence-electron chi connectivity index (χ1n) is 4.89. The summed E-state index contributed by atoms with van der Waals surface area (Å²) in [7, 11) is 0. The molecule has 2 rings (SSSR count). The monoisotopic (exact) mass is 211 g/mol. The SMILES string of the molecule is C[C@H](N)C(=O)N1C[C@@H]2C(=O)NC(=O)[C@H]2C1. The Kier molecular flexibility index (Phi) is 2.22. The summed E-state index contributed by atoms with van der Waals surface area (Å²) in [5.74, 6) is -1.50. The fraction of sp³-hybridized carbons (Fsp3) is 0.667. The second-order valence-electron chi connectivity index (χ2n) is 4.10. The van der Waals surface area contributed by atoms with E-state index in [4.69, 9.17) is 5.73 Å². The van der Waals surface area contributed by atoms with Crippen molar-refractivity contribution in [3.8, 4) is 0 Å². The molecule has 2 aliphatic rings. The lowest BCUT2D eigenvalue weighted by molar-refractivity contribution is -0.132. The second-order valence-corrected chi connectivity index (χ2v) is 4.10. The zero-order chi connectivity index (χ0) is 11.2. The first-order chi connectivity index (χ1) is 7.00. The molecule has 0 aromatic heterocycles. The van der Waals surface area contributed by atoms with Crippen LogP contribution in [0.1, 0.15) is 6.92 Å². The number of amides is 3. The van der Waals surface area contributed by atoms with Gasteiger partial charge in [0, 0.05) is 13.1 Å². The minimum atomic E-state index is -0.581. The van der Waals surface area contributed by atoms with Crippen LogP contribution in [-0.2, 0) is 14.4 Å². The quantitative estimate of drug-likeness (QED) is 0.494. The zero-order valence-electron chi connectivity index (χ0n) is 8.40. The molecule has 2 heterocycles. The summed E-state index contributed by atoms with van der Waals surface area (Å²) < 4.78 is 0. The Labute approximate surface area is 86.8 Å². The van der Waals surface area contributed by atoms with Gasteiger partial charge in [-0.25, -0.2) is 0 Å². The van der Waals surface area contributed by atoms with Crippen molar-refractivity contribution in [2.45, 2.75) is 13.0 Å². The number of imide groups is 1. The zero-order valence-corrected chi connectivity index (χ0v) is 8.40. The normalized spacial score (nSPS) is 31.5. The van der Waals surface area contributed by atoms with Gasteiger partial charge in [0.25, 0.3) is 0 Å². The van der Waals surface area contributed by atoms with E-state index in [0.29, 0.717) is 13.1 Å². The minimum Gasteiger partial charge on any atom is -0.340 e. The lowest BCUT2D eigenvalue weighted by Gasteiger charge is -2.18. The van der Waals surface area contributed by atoms with E-state index in [2.05, 4.69) is 5.32 Å². The van der Waals surface area contributed by atoms with Gasteiger partial charge in [-0.3, -0.25) is 19.7 Å². The first-order valence-corrected chi connectivity index (χ1v) is 4.89. The van der Waals surface area contributed by atoms with Crippen LogP contribution in [0.2, 0.25) is 0 Å². The number of carbonyl (C=O) groups is 3. The van der Waals surface area contributed by atoms with Crippen LogP contribution in [-0.4, -0.2) is 41.8 Å². The van der Waals surface area contributed by atoms with Gasteiger partial charge in [-0.1, -0.05) is 0 Å². The molecule has 3 atom stereocenters. The van der Waals surface area contributed by atoms with E-state index in [9.17, 15) is 14.4 Å². The Morgan fingerprint density at radius 1 is 1.40 bits per heavy atom. The molecule has 6 nitrogen and oxygen atoms in total. The van der Waals surface area contributed by atoms with E-state index < -0.39 is 6.04 Å². The van der Waals surface area contributed by atoms with Gasteiger partial charge in [0.2, 0.25) is 17.7 Å². The highest BCUT2D eigenvalue weighted by Gasteiger charge is 2.49. The highest BCUT2D eigenvalue weighted by Crippen LogP contribution is 2.28. The van der Waals surface area contributed by atoms with Gasteiger partial charge in [-0.15, -0.1) is 0 Å². The topological polar surface area (TPSA) is 92.5 Å². The van der Waals surface area contributed by atoms with Gasteiger partial charge in [0.15, 0.2) is 0 Å². The van der Waals surface area contributed by atoms with E-state index >= 15 is 0 Å². The number of fused-ring (bicyclic) bond motifs is 1. The molecule has 0 unspecified atom stereocenters. The molecule has 0 radical (unpaired) electrons. The van der Waals surface area contributed by atoms with Crippen molar-refractivity contribution in [3.63, 3.8) is 0 Å². The highest BCUT2D eigenvalue weighted by molar-refractivity contribution is 6.06. The smallest absolute Gasteiger partial charge is 0.239 e. The van der Waals surface area contributed by atoms with Crippen LogP contribution in [0.3, 0.4) is 0 Å². The maximum atomic E-state index is 11.5. The predicted octanol–water partition coefficient (Wildman–Crippen LogP) is -1.94. The number of nitrogens with one attached hydrogen (secondary N) is 1. The summed E-state index contributed by atoms with van der Waals surface area (Å²) in [6.07, 6.45) is 0. The van der Waals surface area contributed by atoms with E-state index in [1.165, 1.54) is 4.90 Å². The van der Waals surface area contributed by atoms with Crippen molar-refractivity contribution < 1.29 is 14.4 Å². The standard InChI is InChI=1S/C9H13N3O3/c1-4(10)9(15)12-2-5-6(3-12)8(14)11-7(5)13/h4-6H,2-3,10H2,1H3,(H,11,13,14)/t4-,5-,6-/m0/s1. The largest absolute Gasteiger partial charge is 0.340 e. The predicted molar refractivity (Wildman–Crippen MR) is 50.4 cm³/mol. The third-order valence-electron chi connectivity index (χ3n) is 2.94. The van der Waals surface area contributed by atoms with Crippen molar-refractivity contribution in [1.82, 2.24) is 10.2 Å². The van der Waals surface area contributed by atoms with Crippen molar-refractivity contribution in [1.29, 1.82) is 0 Å². The van der Waals surface area contributed by atoms with Crippen LogP contribution in [0, 0.1) is 11.8 Å². The van der Waals surface area contributed by atoms with Gasteiger partial charge in [0.05, 0.1) is 17.9 Å². The number of likely N-dealkylation sites (tertiary alicyclic amines) is 1. The van der Waals surface area contributed by atoms with E-state index in [1.54, 1.807) is 6.92 Å². The Hall–Kier alpha value is -1.43. The molecule has 0 aromatic carbocycles. The molecule has 0 aromatic rings. The average Bonchev–Trinajstić information content (AvgIpc) is 2.68. The van der Waals surface area contributed by atoms with E-state index in [1.807, 2.05) is 0 Å². The van der Waals surface area contributed by atoms with Gasteiger partial charge < -0.3 is 10.6 Å². The lowest BCUT2D eigenvalue weighted by atomic mass is 10.00. The van der Waals surface area contributed by atoms with Crippen LogP contribution in [0.15, 0.2) is 0 Å². The Balaban J connectivity index is 2.10. The van der Waals surface area contributed by atoms with Gasteiger partial charge in [0.1, 0.15) is 0 Å². The van der Waals surface area contributed by atoms with E-state index in [-0.39, 0.29) is 29.6 Å². The summed E-state index contributed by atoms with van der Waals surface area (Å²) in [6.45, 7) is 2.21. The third kappa shape index (κ3) is 1.50. The third-order valence-corrected chi connectivity index (χ3v) is 2.94. The molecule has 3 N–H and O–H groups in total. The molecular weight excluding hydrogens is 198 g/mol. The molecule has 2 aliphatic heterocycles. The summed E-state index contributed by atoms with van der Waals surface area (Å²) in [5.41, 5.74) is 5.46. The Morgan fingerprint density at radius 3 is 2.27 bits per heavy atom. The second kappa shape index (κ2) is 3.30. The summed E-state index contributed by atoms with van der Waals surface area (Å²) >= 11 is 0. The van der Waals surface area contributed by atoms with Crippen LogP contribution in [0.25, 0.3) is 0 Å². The van der Waals surface area contributed by atoms with E-state index in [0.717, 1.165) is 0 Å². The average molecular weight is 211 g/mol. The molecular formula is C9H13N3O3. The molecule has 0 saturated carbocycles. The number of hydrogen-bond donors (Lipinski definition) is 2. The Morgan fingerprint density at radius 2 is 1.87 bits per heavy atom. The maximum absolute atomic E-state index is 11.5. The molecule has 3 amide bonds. The number of nitrogens with two attached hydrogens (primary N) is 1. The minimum absolute atomic E-state index is 0.204. The van der Waals surface area contributed by atoms with Crippen molar-refractivity contribution in [3.05, 3.63) is 0 Å². The molecule has 2 saturated heterocycles. The molecule has 2 fully saturated rings. The molecule has 6 heteroatoms. The van der Waals surface area contributed by atoms with Gasteiger partial charge in [-0.2, -0.15) is 0 Å². The molecule has 0 aliphatic carbocycles. The summed E-state index contributed by atoms with van der Waals surface area (Å²) in [5, 5.41) is 2.26. The number of rotatable bonds is 1. The van der Waals surface area contributed by atoms with Crippen molar-refractivity contribution >= 4 is 17.7 Å². The molecule has 0 bridgehead atoms. The van der Waals surface area contributed by atoms with Crippen LogP contribution in [0.5, 0.6) is 0 Å². The maximum Gasteiger partial charge on any atom is 0.239 e. The summed E-state index contributed by atoms with van der Waals surface area (Å²) in [6, 6.07) is -0.581. The Bertz CT molecular complexity index is 317. The van der Waals surface area contributed by atoms with Crippen LogP contribution in [0.4, 0.5) is 0 Å². The number of carbonyl (C=O) groups excluding carboxylic acids is 3. The fourth-order valence-corrected chi connectivity index (χ4v) is 2.11. The van der Waals surface area contributed by atoms with Crippen molar-refractivity contribution in [2.24, 2.45) is 17.6 Å². The lowest BCUT2D eigenvalue weighted by Crippen LogP contribution is -2.43. The highest BCUT2D eigenvalue weighted by atomic mass is 16.2. The van der Waals surface area contributed by atoms with Gasteiger partial charge >= 0.3 is 0 Å². The fourth-order valence-electron chi connectivity index (χ4n) is 2.11. The van der Waals surface area contributed by atoms with Crippen molar-refractivity contribution in [2.75, 3.05) is 13.1 Å². The molecule has 15 heavy (non-hydrogen) atoms. The number of hydrogen-bond acceptors (Lipinski definition) is 4. The van der Waals surface area contributed by atoms with Gasteiger partial charge in [-0.05, 0) is 6.92 Å². The molecule has 0 spiro atoms. The summed E-state index contributed by atoms with van der Waals surface area (Å²) in [4.78, 5) is 35.7. The van der Waals surface area contributed by atoms with Crippen LogP contribution >= 0.6 is 0 Å². The number of nitrogens with zero attached hydrogens (tertiary/aromatic N) is 1.